The minimum absolute atomic E-state index is 0.329. The van der Waals surface area contributed by atoms with Crippen LogP contribution < -0.4 is 0 Å². The lowest BCUT2D eigenvalue weighted by Crippen LogP contribution is -2.00. The molecule has 0 aliphatic carbocycles. The zero-order valence-corrected chi connectivity index (χ0v) is 13.4. The lowest BCUT2D eigenvalue weighted by atomic mass is 10.1. The largest absolute Gasteiger partial charge is 0.465 e. The molecule has 2 aromatic carbocycles. The number of rotatable bonds is 5. The van der Waals surface area contributed by atoms with Crippen molar-refractivity contribution >= 4 is 17.7 Å². The molecule has 116 valence electrons. The molecule has 0 aliphatic rings. The molecule has 0 bridgehead atoms. The summed E-state index contributed by atoms with van der Waals surface area (Å²) in [7, 11) is 1.37. The van der Waals surface area contributed by atoms with Crippen LogP contribution in [0.25, 0.3) is 11.3 Å². The first-order chi connectivity index (χ1) is 11.3. The molecule has 23 heavy (non-hydrogen) atoms. The molecule has 1 heterocycles. The first-order valence-corrected chi connectivity index (χ1v) is 8.06. The number of nitrogens with zero attached hydrogens (tertiary/aromatic N) is 1. The number of thioether (sulfide) groups is 1. The third kappa shape index (κ3) is 3.81. The van der Waals surface area contributed by atoms with E-state index in [1.54, 1.807) is 18.3 Å². The van der Waals surface area contributed by atoms with Gasteiger partial charge in [-0.05, 0) is 17.7 Å². The molecule has 3 rings (SSSR count). The number of benzene rings is 2. The molecule has 0 fully saturated rings. The van der Waals surface area contributed by atoms with Crippen molar-refractivity contribution in [3.63, 3.8) is 0 Å². The molecule has 0 amide bonds. The van der Waals surface area contributed by atoms with Crippen molar-refractivity contribution in [1.29, 1.82) is 0 Å². The summed E-state index contributed by atoms with van der Waals surface area (Å²) in [4.78, 5) is 15.7. The van der Waals surface area contributed by atoms with E-state index in [1.165, 1.54) is 18.9 Å². The van der Waals surface area contributed by atoms with Gasteiger partial charge in [-0.3, -0.25) is 0 Å². The van der Waals surface area contributed by atoms with Crippen molar-refractivity contribution in [3.8, 4) is 11.3 Å². The molecule has 0 unspecified atom stereocenters. The predicted octanol–water partition coefficient (Wildman–Crippen LogP) is 4.42. The van der Waals surface area contributed by atoms with Crippen molar-refractivity contribution in [2.75, 3.05) is 7.11 Å². The summed E-state index contributed by atoms with van der Waals surface area (Å²) in [6.07, 6.45) is 1.73. The van der Waals surface area contributed by atoms with Gasteiger partial charge in [-0.1, -0.05) is 54.2 Å². The highest BCUT2D eigenvalue weighted by Crippen LogP contribution is 2.27. The second-order valence-corrected chi connectivity index (χ2v) is 5.76. The fraction of sp³-hybridized carbons (Fsp3) is 0.111. The maximum Gasteiger partial charge on any atom is 0.337 e. The zero-order valence-electron chi connectivity index (χ0n) is 12.6. The Balaban J connectivity index is 1.63. The molecule has 0 atom stereocenters. The Morgan fingerprint density at radius 2 is 1.87 bits per heavy atom. The maximum absolute atomic E-state index is 11.4. The fourth-order valence-electron chi connectivity index (χ4n) is 2.06. The van der Waals surface area contributed by atoms with Crippen LogP contribution in [0.2, 0.25) is 0 Å². The van der Waals surface area contributed by atoms with E-state index in [2.05, 4.69) is 9.72 Å². The van der Waals surface area contributed by atoms with Crippen LogP contribution in [0.1, 0.15) is 15.9 Å². The number of hydrogen-bond acceptors (Lipinski definition) is 5. The Hall–Kier alpha value is -2.53. The number of carbonyl (C=O) groups excluding carboxylic acids is 1. The number of esters is 1. The quantitative estimate of drug-likeness (QED) is 0.513. The predicted molar refractivity (Wildman–Crippen MR) is 89.3 cm³/mol. The van der Waals surface area contributed by atoms with Crippen molar-refractivity contribution in [2.24, 2.45) is 0 Å². The molecule has 0 aliphatic heterocycles. The zero-order chi connectivity index (χ0) is 16.1. The molecule has 0 saturated carbocycles. The molecule has 4 nitrogen and oxygen atoms in total. The monoisotopic (exact) mass is 325 g/mol. The van der Waals surface area contributed by atoms with E-state index in [-0.39, 0.29) is 5.97 Å². The van der Waals surface area contributed by atoms with Crippen LogP contribution in [-0.2, 0) is 10.5 Å². The lowest BCUT2D eigenvalue weighted by Gasteiger charge is -2.01. The summed E-state index contributed by atoms with van der Waals surface area (Å²) in [6.45, 7) is 0. The topological polar surface area (TPSA) is 52.3 Å². The van der Waals surface area contributed by atoms with E-state index in [1.807, 2.05) is 42.5 Å². The highest BCUT2D eigenvalue weighted by Gasteiger charge is 2.08. The summed E-state index contributed by atoms with van der Waals surface area (Å²) in [5.74, 6) is 1.15. The number of oxazole rings is 1. The minimum atomic E-state index is -0.329. The number of hydrogen-bond donors (Lipinski definition) is 0. The van der Waals surface area contributed by atoms with Crippen LogP contribution in [0.3, 0.4) is 0 Å². The van der Waals surface area contributed by atoms with E-state index in [0.29, 0.717) is 10.8 Å². The minimum Gasteiger partial charge on any atom is -0.465 e. The Morgan fingerprint density at radius 3 is 2.57 bits per heavy atom. The second-order valence-electron chi connectivity index (χ2n) is 4.83. The molecule has 0 radical (unpaired) electrons. The Labute approximate surface area is 138 Å². The molecule has 0 saturated heterocycles. The fourth-order valence-corrected chi connectivity index (χ4v) is 2.82. The lowest BCUT2D eigenvalue weighted by molar-refractivity contribution is 0.0600. The van der Waals surface area contributed by atoms with Crippen LogP contribution in [0, 0.1) is 0 Å². The van der Waals surface area contributed by atoms with Crippen LogP contribution >= 0.6 is 11.8 Å². The normalized spacial score (nSPS) is 10.5. The number of aromatic nitrogens is 1. The van der Waals surface area contributed by atoms with Gasteiger partial charge >= 0.3 is 5.97 Å². The van der Waals surface area contributed by atoms with Gasteiger partial charge in [-0.2, -0.15) is 0 Å². The molecular weight excluding hydrogens is 310 g/mol. The molecule has 0 spiro atoms. The van der Waals surface area contributed by atoms with E-state index >= 15 is 0 Å². The van der Waals surface area contributed by atoms with Gasteiger partial charge in [0, 0.05) is 11.3 Å². The first kappa shape index (κ1) is 15.4. The van der Waals surface area contributed by atoms with Crippen molar-refractivity contribution in [1.82, 2.24) is 4.98 Å². The van der Waals surface area contributed by atoms with E-state index in [4.69, 9.17) is 4.42 Å². The highest BCUT2D eigenvalue weighted by atomic mass is 32.2. The average molecular weight is 325 g/mol. The Kier molecular flexibility index (Phi) is 4.78. The van der Waals surface area contributed by atoms with Crippen LogP contribution in [0.4, 0.5) is 0 Å². The van der Waals surface area contributed by atoms with Gasteiger partial charge in [0.25, 0.3) is 5.22 Å². The van der Waals surface area contributed by atoms with Gasteiger partial charge in [0.15, 0.2) is 5.76 Å². The Morgan fingerprint density at radius 1 is 1.13 bits per heavy atom. The van der Waals surface area contributed by atoms with Crippen molar-refractivity contribution < 1.29 is 13.9 Å². The number of carbonyl (C=O) groups is 1. The van der Waals surface area contributed by atoms with Crippen LogP contribution in [0.15, 0.2) is 70.4 Å². The van der Waals surface area contributed by atoms with Gasteiger partial charge < -0.3 is 9.15 Å². The van der Waals surface area contributed by atoms with Crippen LogP contribution in [0.5, 0.6) is 0 Å². The van der Waals surface area contributed by atoms with Crippen molar-refractivity contribution in [3.05, 3.63) is 71.9 Å². The average Bonchev–Trinajstić information content (AvgIpc) is 3.09. The van der Waals surface area contributed by atoms with Gasteiger partial charge in [0.2, 0.25) is 0 Å². The SMILES string of the molecule is COC(=O)c1ccc(CSc2ncc(-c3ccccc3)o2)cc1. The molecule has 3 aromatic rings. The summed E-state index contributed by atoms with van der Waals surface area (Å²) >= 11 is 1.52. The third-order valence-corrected chi connectivity index (χ3v) is 4.19. The van der Waals surface area contributed by atoms with E-state index in [9.17, 15) is 4.79 Å². The van der Waals surface area contributed by atoms with Crippen LogP contribution in [-0.4, -0.2) is 18.1 Å². The van der Waals surface area contributed by atoms with Crippen molar-refractivity contribution in [2.45, 2.75) is 11.0 Å². The summed E-state index contributed by atoms with van der Waals surface area (Å²) in [5.41, 5.74) is 2.64. The molecule has 0 N–H and O–H groups in total. The summed E-state index contributed by atoms with van der Waals surface area (Å²) < 4.78 is 10.4. The van der Waals surface area contributed by atoms with Gasteiger partial charge in [-0.25, -0.2) is 9.78 Å². The summed E-state index contributed by atoms with van der Waals surface area (Å²) in [5, 5.41) is 0.626. The molecule has 1 aromatic heterocycles. The number of ether oxygens (including phenoxy) is 1. The van der Waals surface area contributed by atoms with Gasteiger partial charge in [-0.15, -0.1) is 0 Å². The summed E-state index contributed by atoms with van der Waals surface area (Å²) in [6, 6.07) is 17.2. The molecular formula is C18H15NO3S. The highest BCUT2D eigenvalue weighted by molar-refractivity contribution is 7.98. The van der Waals surface area contributed by atoms with E-state index < -0.39 is 0 Å². The second kappa shape index (κ2) is 7.15. The first-order valence-electron chi connectivity index (χ1n) is 7.07. The molecule has 5 heteroatoms. The third-order valence-electron chi connectivity index (χ3n) is 3.28. The van der Waals surface area contributed by atoms with Gasteiger partial charge in [0.1, 0.15) is 0 Å². The Bertz CT molecular complexity index is 782. The number of methoxy groups -OCH3 is 1. The smallest absolute Gasteiger partial charge is 0.337 e. The maximum atomic E-state index is 11.4. The van der Waals surface area contributed by atoms with E-state index in [0.717, 1.165) is 22.6 Å². The standard InChI is InChI=1S/C18H15NO3S/c1-21-17(20)15-9-7-13(8-10-15)12-23-18-19-11-16(22-18)14-5-3-2-4-6-14/h2-11H,12H2,1H3. The van der Waals surface area contributed by atoms with Gasteiger partial charge in [0.05, 0.1) is 18.9 Å².